The third-order valence-electron chi connectivity index (χ3n) is 8.21. The van der Waals surface area contributed by atoms with Crippen molar-refractivity contribution >= 4 is 23.9 Å². The predicted octanol–water partition coefficient (Wildman–Crippen LogP) is 12.1. The van der Waals surface area contributed by atoms with Crippen LogP contribution in [0.4, 0.5) is 0 Å². The van der Waals surface area contributed by atoms with Gasteiger partial charge in [0, 0.05) is 25.0 Å². The van der Waals surface area contributed by atoms with E-state index >= 15 is 0 Å². The highest BCUT2D eigenvalue weighted by Crippen LogP contribution is 2.15. The molecule has 0 rings (SSSR count). The molecule has 0 aliphatic rings. The van der Waals surface area contributed by atoms with E-state index in [0.717, 1.165) is 37.5 Å². The molecule has 48 heavy (non-hydrogen) atoms. The van der Waals surface area contributed by atoms with E-state index in [2.05, 4.69) is 27.7 Å². The van der Waals surface area contributed by atoms with E-state index in [1.54, 1.807) is 0 Å². The third kappa shape index (κ3) is 59.1. The van der Waals surface area contributed by atoms with Crippen LogP contribution in [-0.2, 0) is 19.2 Å². The molecule has 0 amide bonds. The molecule has 0 aromatic carbocycles. The largest absolute Gasteiger partial charge is 0.481 e. The van der Waals surface area contributed by atoms with Gasteiger partial charge in [0.15, 0.2) is 0 Å². The molecular formula is C40H76O8. The van der Waals surface area contributed by atoms with E-state index in [4.69, 9.17) is 20.4 Å². The number of carboxylic acids is 4. The summed E-state index contributed by atoms with van der Waals surface area (Å²) in [6.07, 6.45) is 35.8. The molecule has 0 saturated carbocycles. The van der Waals surface area contributed by atoms with Crippen molar-refractivity contribution in [3.05, 3.63) is 12.2 Å². The van der Waals surface area contributed by atoms with Crippen molar-refractivity contribution < 1.29 is 39.6 Å². The van der Waals surface area contributed by atoms with Gasteiger partial charge in [-0.25, -0.2) is 9.59 Å². The summed E-state index contributed by atoms with van der Waals surface area (Å²) >= 11 is 0. The van der Waals surface area contributed by atoms with Crippen molar-refractivity contribution in [1.82, 2.24) is 0 Å². The lowest BCUT2D eigenvalue weighted by molar-refractivity contribution is -0.138. The molecule has 0 spiro atoms. The molecule has 0 radical (unpaired) electrons. The Labute approximate surface area is 294 Å². The summed E-state index contributed by atoms with van der Waals surface area (Å²) in [4.78, 5) is 39.8. The Bertz CT molecular complexity index is 698. The molecule has 4 N–H and O–H groups in total. The lowest BCUT2D eigenvalue weighted by Crippen LogP contribution is -1.93. The lowest BCUT2D eigenvalue weighted by Gasteiger charge is -2.04. The summed E-state index contributed by atoms with van der Waals surface area (Å²) in [5.41, 5.74) is 0. The van der Waals surface area contributed by atoms with Crippen molar-refractivity contribution in [2.45, 2.75) is 207 Å². The maximum atomic E-state index is 10.3. The van der Waals surface area contributed by atoms with Gasteiger partial charge in [0.2, 0.25) is 0 Å². The number of carbonyl (C=O) groups is 4. The van der Waals surface area contributed by atoms with Crippen LogP contribution in [0.15, 0.2) is 12.2 Å². The Balaban J connectivity index is -0.000000689. The van der Waals surface area contributed by atoms with Gasteiger partial charge in [-0.15, -0.1) is 0 Å². The molecule has 8 heteroatoms. The van der Waals surface area contributed by atoms with Crippen LogP contribution >= 0.6 is 0 Å². The molecule has 8 nitrogen and oxygen atoms in total. The second kappa shape index (κ2) is 40.8. The van der Waals surface area contributed by atoms with E-state index < -0.39 is 23.9 Å². The maximum absolute atomic E-state index is 10.3. The minimum Gasteiger partial charge on any atom is -0.481 e. The van der Waals surface area contributed by atoms with Crippen molar-refractivity contribution in [3.8, 4) is 0 Å². The minimum absolute atomic E-state index is 0.344. The summed E-state index contributed by atoms with van der Waals surface area (Å²) in [7, 11) is 0. The smallest absolute Gasteiger partial charge is 0.328 e. The van der Waals surface area contributed by atoms with Gasteiger partial charge in [0.25, 0.3) is 0 Å². The van der Waals surface area contributed by atoms with Crippen molar-refractivity contribution in [2.75, 3.05) is 0 Å². The second-order valence-electron chi connectivity index (χ2n) is 14.1. The predicted molar refractivity (Wildman–Crippen MR) is 199 cm³/mol. The quantitative estimate of drug-likeness (QED) is 0.0404. The molecule has 0 fully saturated rings. The van der Waals surface area contributed by atoms with Crippen LogP contribution in [0.2, 0.25) is 0 Å². The van der Waals surface area contributed by atoms with Crippen molar-refractivity contribution in [3.63, 3.8) is 0 Å². The van der Waals surface area contributed by atoms with Crippen LogP contribution in [0.1, 0.15) is 207 Å². The Kier molecular flexibility index (Phi) is 42.5. The summed E-state index contributed by atoms with van der Waals surface area (Å²) < 4.78 is 0. The van der Waals surface area contributed by atoms with Crippen LogP contribution in [0.3, 0.4) is 0 Å². The molecule has 0 unspecified atom stereocenters. The summed E-state index contributed by atoms with van der Waals surface area (Å²) in [6, 6.07) is 0. The molecule has 0 atom stereocenters. The van der Waals surface area contributed by atoms with Crippen LogP contribution in [0, 0.1) is 11.8 Å². The van der Waals surface area contributed by atoms with Crippen molar-refractivity contribution in [2.24, 2.45) is 11.8 Å². The molecule has 0 aromatic rings. The molecule has 284 valence electrons. The highest BCUT2D eigenvalue weighted by atomic mass is 16.4. The zero-order valence-electron chi connectivity index (χ0n) is 31.5. The molecule has 0 heterocycles. The first-order chi connectivity index (χ1) is 22.9. The van der Waals surface area contributed by atoms with Gasteiger partial charge in [-0.2, -0.15) is 0 Å². The zero-order chi connectivity index (χ0) is 36.7. The average molecular weight is 685 g/mol. The number of hydrogen-bond acceptors (Lipinski definition) is 4. The van der Waals surface area contributed by atoms with E-state index in [-0.39, 0.29) is 0 Å². The number of carboxylic acid groups (broad SMARTS) is 4. The van der Waals surface area contributed by atoms with E-state index in [1.165, 1.54) is 141 Å². The zero-order valence-corrected chi connectivity index (χ0v) is 31.5. The highest BCUT2D eigenvalue weighted by Gasteiger charge is 1.99. The first-order valence-corrected chi connectivity index (χ1v) is 19.5. The van der Waals surface area contributed by atoms with E-state index in [0.29, 0.717) is 25.0 Å². The number of aliphatic carboxylic acids is 4. The molecule has 0 bridgehead atoms. The van der Waals surface area contributed by atoms with Gasteiger partial charge in [-0.1, -0.05) is 182 Å². The summed E-state index contributed by atoms with van der Waals surface area (Å²) in [5.74, 6) is -2.09. The Hall–Kier alpha value is -2.38. The Morgan fingerprint density at radius 3 is 0.708 bits per heavy atom. The molecule has 0 saturated heterocycles. The van der Waals surface area contributed by atoms with Gasteiger partial charge in [0.05, 0.1) is 0 Å². The van der Waals surface area contributed by atoms with Crippen LogP contribution < -0.4 is 0 Å². The highest BCUT2D eigenvalue weighted by molar-refractivity contribution is 5.89. The minimum atomic E-state index is -1.26. The maximum Gasteiger partial charge on any atom is 0.328 e. The van der Waals surface area contributed by atoms with E-state index in [1.807, 2.05) is 0 Å². The van der Waals surface area contributed by atoms with Crippen LogP contribution in [0.25, 0.3) is 0 Å². The summed E-state index contributed by atoms with van der Waals surface area (Å²) in [6.45, 7) is 9.23. The number of hydrogen-bond donors (Lipinski definition) is 4. The number of rotatable bonds is 32. The standard InChI is InChI=1S/2C18H36O2.C4H4O4/c2*1-17(2)15-13-11-9-7-5-3-4-6-8-10-12-14-16-18(19)20;5-3(6)1-2-4(7)8/h2*17H,3-16H2,1-2H3,(H,19,20);1-2H,(H,5,6)(H,7,8)/b;;2-1-. The first-order valence-electron chi connectivity index (χ1n) is 19.5. The fraction of sp³-hybridized carbons (Fsp3) is 0.850. The molecule has 0 aliphatic carbocycles. The topological polar surface area (TPSA) is 149 Å². The van der Waals surface area contributed by atoms with Gasteiger partial charge in [-0.05, 0) is 24.7 Å². The Morgan fingerprint density at radius 1 is 0.354 bits per heavy atom. The Morgan fingerprint density at radius 2 is 0.542 bits per heavy atom. The average Bonchev–Trinajstić information content (AvgIpc) is 3.00. The first kappa shape index (κ1) is 50.0. The number of unbranched alkanes of at least 4 members (excludes halogenated alkanes) is 22. The monoisotopic (exact) mass is 685 g/mol. The lowest BCUT2D eigenvalue weighted by atomic mass is 10.0. The van der Waals surface area contributed by atoms with Gasteiger partial charge in [-0.3, -0.25) is 9.59 Å². The van der Waals surface area contributed by atoms with Gasteiger partial charge >= 0.3 is 23.9 Å². The third-order valence-corrected chi connectivity index (χ3v) is 8.21. The van der Waals surface area contributed by atoms with Crippen molar-refractivity contribution in [1.29, 1.82) is 0 Å². The fourth-order valence-electron chi connectivity index (χ4n) is 5.34. The SMILES string of the molecule is CC(C)CCCCCCCCCCCCCCC(=O)O.CC(C)CCCCCCCCCCCCCCC(=O)O.O=C(O)/C=C\C(=O)O. The molecule has 0 aromatic heterocycles. The second-order valence-corrected chi connectivity index (χ2v) is 14.1. The van der Waals surface area contributed by atoms with Crippen LogP contribution in [-0.4, -0.2) is 44.3 Å². The molecule has 0 aliphatic heterocycles. The summed E-state index contributed by atoms with van der Waals surface area (Å²) in [5, 5.41) is 32.7. The van der Waals surface area contributed by atoms with Crippen LogP contribution in [0.5, 0.6) is 0 Å². The van der Waals surface area contributed by atoms with Gasteiger partial charge < -0.3 is 20.4 Å². The normalized spacial score (nSPS) is 10.9. The molecular weight excluding hydrogens is 608 g/mol. The van der Waals surface area contributed by atoms with E-state index in [9.17, 15) is 19.2 Å². The van der Waals surface area contributed by atoms with Gasteiger partial charge in [0.1, 0.15) is 0 Å². The fourth-order valence-corrected chi connectivity index (χ4v) is 5.34.